The number of rotatable bonds is 2. The molecule has 0 spiro atoms. The first-order valence-corrected chi connectivity index (χ1v) is 7.85. The number of aromatic amines is 1. The van der Waals surface area contributed by atoms with E-state index in [1.807, 2.05) is 36.6 Å². The SMILES string of the molecule is Cc1cc(C)c2c(c1)N1C(=O)N(Cc3nc[nH]c3C)CC1CO2. The minimum Gasteiger partial charge on any atom is -0.489 e. The monoisotopic (exact) mass is 312 g/mol. The number of nitrogens with zero attached hydrogens (tertiary/aromatic N) is 3. The highest BCUT2D eigenvalue weighted by atomic mass is 16.5. The van der Waals surface area contributed by atoms with Crippen molar-refractivity contribution in [1.29, 1.82) is 0 Å². The van der Waals surface area contributed by atoms with Crippen LogP contribution in [-0.2, 0) is 6.54 Å². The second kappa shape index (κ2) is 5.01. The highest BCUT2D eigenvalue weighted by Gasteiger charge is 2.43. The summed E-state index contributed by atoms with van der Waals surface area (Å²) in [5.74, 6) is 0.831. The largest absolute Gasteiger partial charge is 0.489 e. The fourth-order valence-corrected chi connectivity index (χ4v) is 3.49. The molecule has 4 rings (SSSR count). The lowest BCUT2D eigenvalue weighted by Gasteiger charge is -2.31. The Morgan fingerprint density at radius 1 is 1.35 bits per heavy atom. The van der Waals surface area contributed by atoms with Crippen molar-refractivity contribution in [3.8, 4) is 5.75 Å². The van der Waals surface area contributed by atoms with Crippen LogP contribution in [0.4, 0.5) is 10.5 Å². The number of nitrogens with one attached hydrogen (secondary N) is 1. The van der Waals surface area contributed by atoms with Gasteiger partial charge in [0, 0.05) is 12.2 Å². The lowest BCUT2D eigenvalue weighted by Crippen LogP contribution is -2.41. The Morgan fingerprint density at radius 2 is 2.17 bits per heavy atom. The van der Waals surface area contributed by atoms with Gasteiger partial charge in [-0.25, -0.2) is 9.78 Å². The Kier molecular flexibility index (Phi) is 3.07. The van der Waals surface area contributed by atoms with Crippen LogP contribution < -0.4 is 9.64 Å². The number of amides is 2. The average Bonchev–Trinajstić information content (AvgIpc) is 3.04. The third-order valence-electron chi connectivity index (χ3n) is 4.63. The molecule has 2 aliphatic rings. The predicted molar refractivity (Wildman–Crippen MR) is 86.8 cm³/mol. The molecule has 1 aromatic carbocycles. The van der Waals surface area contributed by atoms with Crippen LogP contribution in [0.2, 0.25) is 0 Å². The number of aromatic nitrogens is 2. The highest BCUT2D eigenvalue weighted by Crippen LogP contribution is 2.40. The molecule has 0 saturated carbocycles. The molecule has 2 aliphatic heterocycles. The average molecular weight is 312 g/mol. The van der Waals surface area contributed by atoms with Crippen molar-refractivity contribution in [3.63, 3.8) is 0 Å². The van der Waals surface area contributed by atoms with Crippen LogP contribution in [0.1, 0.15) is 22.5 Å². The number of hydrogen-bond acceptors (Lipinski definition) is 3. The van der Waals surface area contributed by atoms with E-state index in [4.69, 9.17) is 4.74 Å². The van der Waals surface area contributed by atoms with Crippen LogP contribution in [0, 0.1) is 20.8 Å². The second-order valence-corrected chi connectivity index (χ2v) is 6.40. The first-order chi connectivity index (χ1) is 11.0. The zero-order valence-electron chi connectivity index (χ0n) is 13.6. The number of imidazole rings is 1. The number of hydrogen-bond donors (Lipinski definition) is 1. The van der Waals surface area contributed by atoms with Gasteiger partial charge in [-0.2, -0.15) is 0 Å². The first-order valence-electron chi connectivity index (χ1n) is 7.85. The summed E-state index contributed by atoms with van der Waals surface area (Å²) < 4.78 is 5.94. The lowest BCUT2D eigenvalue weighted by molar-refractivity contribution is 0.218. The zero-order valence-corrected chi connectivity index (χ0v) is 13.6. The summed E-state index contributed by atoms with van der Waals surface area (Å²) in [6, 6.07) is 4.22. The molecule has 2 amide bonds. The minimum atomic E-state index is 0.0342. The van der Waals surface area contributed by atoms with Gasteiger partial charge in [-0.1, -0.05) is 6.07 Å². The number of aryl methyl sites for hydroxylation is 3. The number of urea groups is 1. The fraction of sp³-hybridized carbons (Fsp3) is 0.412. The molecule has 0 aliphatic carbocycles. The highest BCUT2D eigenvalue weighted by molar-refractivity contribution is 5.97. The van der Waals surface area contributed by atoms with Crippen molar-refractivity contribution in [2.24, 2.45) is 0 Å². The van der Waals surface area contributed by atoms with E-state index in [1.165, 1.54) is 0 Å². The van der Waals surface area contributed by atoms with Crippen molar-refractivity contribution in [2.45, 2.75) is 33.4 Å². The quantitative estimate of drug-likeness (QED) is 0.927. The van der Waals surface area contributed by atoms with Crippen LogP contribution in [0.5, 0.6) is 5.75 Å². The maximum absolute atomic E-state index is 12.9. The van der Waals surface area contributed by atoms with Crippen LogP contribution in [0.25, 0.3) is 0 Å². The minimum absolute atomic E-state index is 0.0342. The van der Waals surface area contributed by atoms with Crippen molar-refractivity contribution in [2.75, 3.05) is 18.1 Å². The molecule has 1 N–H and O–H groups in total. The number of carbonyl (C=O) groups excluding carboxylic acids is 1. The van der Waals surface area contributed by atoms with Gasteiger partial charge in [0.2, 0.25) is 0 Å². The van der Waals surface area contributed by atoms with E-state index in [-0.39, 0.29) is 12.1 Å². The maximum Gasteiger partial charge on any atom is 0.325 e. The summed E-state index contributed by atoms with van der Waals surface area (Å²) in [5.41, 5.74) is 5.03. The fourth-order valence-electron chi connectivity index (χ4n) is 3.49. The van der Waals surface area contributed by atoms with Gasteiger partial charge < -0.3 is 14.6 Å². The summed E-state index contributed by atoms with van der Waals surface area (Å²) in [4.78, 5) is 24.0. The molecular weight excluding hydrogens is 292 g/mol. The third kappa shape index (κ3) is 2.17. The Morgan fingerprint density at radius 3 is 2.91 bits per heavy atom. The number of carbonyl (C=O) groups is 1. The van der Waals surface area contributed by atoms with Gasteiger partial charge in [-0.3, -0.25) is 4.90 Å². The summed E-state index contributed by atoms with van der Waals surface area (Å²) in [6.07, 6.45) is 1.67. The lowest BCUT2D eigenvalue weighted by atomic mass is 10.1. The number of ether oxygens (including phenoxy) is 1. The van der Waals surface area contributed by atoms with Crippen LogP contribution >= 0.6 is 0 Å². The van der Waals surface area contributed by atoms with Crippen molar-refractivity contribution >= 4 is 11.7 Å². The number of fused-ring (bicyclic) bond motifs is 3. The van der Waals surface area contributed by atoms with E-state index in [1.54, 1.807) is 6.33 Å². The predicted octanol–water partition coefficient (Wildman–Crippen LogP) is 2.54. The standard InChI is InChI=1S/C17H20N4O2/c1-10-4-11(2)16-15(5-10)21-13(8-23-16)6-20(17(21)22)7-14-12(3)18-9-19-14/h4-5,9,13H,6-8H2,1-3H3,(H,18,19). The summed E-state index contributed by atoms with van der Waals surface area (Å²) in [6.45, 7) is 7.78. The van der Waals surface area contributed by atoms with Crippen LogP contribution in [-0.4, -0.2) is 40.1 Å². The number of H-pyrrole nitrogens is 1. The van der Waals surface area contributed by atoms with Gasteiger partial charge in [0.25, 0.3) is 0 Å². The molecule has 0 radical (unpaired) electrons. The molecule has 2 aromatic rings. The van der Waals surface area contributed by atoms with E-state index in [0.29, 0.717) is 19.7 Å². The van der Waals surface area contributed by atoms with Gasteiger partial charge in [-0.15, -0.1) is 0 Å². The topological polar surface area (TPSA) is 61.5 Å². The van der Waals surface area contributed by atoms with Crippen LogP contribution in [0.3, 0.4) is 0 Å². The molecule has 1 aromatic heterocycles. The summed E-state index contributed by atoms with van der Waals surface area (Å²) in [5, 5.41) is 0. The molecule has 0 bridgehead atoms. The zero-order chi connectivity index (χ0) is 16.1. The Bertz CT molecular complexity index is 783. The molecule has 1 unspecified atom stereocenters. The smallest absolute Gasteiger partial charge is 0.325 e. The van der Waals surface area contributed by atoms with Gasteiger partial charge in [0.05, 0.1) is 30.3 Å². The van der Waals surface area contributed by atoms with E-state index >= 15 is 0 Å². The van der Waals surface area contributed by atoms with Gasteiger partial charge in [0.1, 0.15) is 12.4 Å². The van der Waals surface area contributed by atoms with Crippen molar-refractivity contribution in [1.82, 2.24) is 14.9 Å². The molecule has 6 heteroatoms. The number of anilines is 1. The molecule has 23 heavy (non-hydrogen) atoms. The Labute approximate surface area is 135 Å². The van der Waals surface area contributed by atoms with Gasteiger partial charge >= 0.3 is 6.03 Å². The molecular formula is C17H20N4O2. The van der Waals surface area contributed by atoms with E-state index in [0.717, 1.165) is 34.0 Å². The first kappa shape index (κ1) is 14.1. The molecule has 120 valence electrons. The summed E-state index contributed by atoms with van der Waals surface area (Å²) in [7, 11) is 0. The molecule has 1 atom stereocenters. The Balaban J connectivity index is 1.67. The maximum atomic E-state index is 12.9. The van der Waals surface area contributed by atoms with Gasteiger partial charge in [-0.05, 0) is 38.0 Å². The van der Waals surface area contributed by atoms with E-state index in [9.17, 15) is 4.79 Å². The van der Waals surface area contributed by atoms with Gasteiger partial charge in [0.15, 0.2) is 0 Å². The van der Waals surface area contributed by atoms with Crippen LogP contribution in [0.15, 0.2) is 18.5 Å². The summed E-state index contributed by atoms with van der Waals surface area (Å²) >= 11 is 0. The normalized spacial score (nSPS) is 19.6. The Hall–Kier alpha value is -2.50. The second-order valence-electron chi connectivity index (χ2n) is 6.40. The third-order valence-corrected chi connectivity index (χ3v) is 4.63. The molecule has 1 fully saturated rings. The van der Waals surface area contributed by atoms with Crippen molar-refractivity contribution in [3.05, 3.63) is 41.0 Å². The number of benzene rings is 1. The van der Waals surface area contributed by atoms with E-state index in [2.05, 4.69) is 16.0 Å². The van der Waals surface area contributed by atoms with Crippen molar-refractivity contribution < 1.29 is 9.53 Å². The molecule has 3 heterocycles. The molecule has 1 saturated heterocycles. The molecule has 6 nitrogen and oxygen atoms in total. The van der Waals surface area contributed by atoms with E-state index < -0.39 is 0 Å².